The van der Waals surface area contributed by atoms with Gasteiger partial charge in [0.15, 0.2) is 0 Å². The third kappa shape index (κ3) is 1.80. The van der Waals surface area contributed by atoms with Crippen molar-refractivity contribution in [3.05, 3.63) is 34.3 Å². The molecular formula is C16H17ClN2. The molecule has 2 bridgehead atoms. The van der Waals surface area contributed by atoms with Crippen LogP contribution >= 0.6 is 11.6 Å². The Morgan fingerprint density at radius 2 is 2.00 bits per heavy atom. The van der Waals surface area contributed by atoms with E-state index in [9.17, 15) is 0 Å². The Labute approximate surface area is 118 Å². The van der Waals surface area contributed by atoms with Crippen LogP contribution in [0.1, 0.15) is 30.4 Å². The van der Waals surface area contributed by atoms with Crippen molar-refractivity contribution in [1.82, 2.24) is 5.32 Å². The van der Waals surface area contributed by atoms with Gasteiger partial charge in [-0.3, -0.25) is 0 Å². The number of benzene rings is 1. The second-order valence-electron chi connectivity index (χ2n) is 6.31. The molecule has 3 fully saturated rings. The Balaban J connectivity index is 1.40. The van der Waals surface area contributed by atoms with Gasteiger partial charge in [-0.2, -0.15) is 5.26 Å². The first kappa shape index (κ1) is 11.8. The number of fused-ring (bicyclic) bond motifs is 5. The average molecular weight is 273 g/mol. The summed E-state index contributed by atoms with van der Waals surface area (Å²) in [7, 11) is 0. The van der Waals surface area contributed by atoms with Crippen molar-refractivity contribution in [3.8, 4) is 6.07 Å². The Morgan fingerprint density at radius 1 is 1.26 bits per heavy atom. The summed E-state index contributed by atoms with van der Waals surface area (Å²) in [6.07, 6.45) is 4.41. The number of nitrogens with one attached hydrogen (secondary N) is 1. The Bertz CT molecular complexity index is 546. The highest BCUT2D eigenvalue weighted by Gasteiger charge is 2.64. The minimum Gasteiger partial charge on any atom is -0.309 e. The molecule has 0 heterocycles. The van der Waals surface area contributed by atoms with Crippen molar-refractivity contribution in [2.24, 2.45) is 23.7 Å². The van der Waals surface area contributed by atoms with Crippen LogP contribution in [0.25, 0.3) is 0 Å². The third-order valence-electron chi connectivity index (χ3n) is 5.45. The lowest BCUT2D eigenvalue weighted by atomic mass is 10.0. The fourth-order valence-corrected chi connectivity index (χ4v) is 4.83. The van der Waals surface area contributed by atoms with Crippen molar-refractivity contribution in [1.29, 1.82) is 5.26 Å². The van der Waals surface area contributed by atoms with Crippen molar-refractivity contribution < 1.29 is 0 Å². The second-order valence-corrected chi connectivity index (χ2v) is 6.72. The first-order chi connectivity index (χ1) is 9.28. The minimum atomic E-state index is 0.634. The largest absolute Gasteiger partial charge is 0.309 e. The Kier molecular flexibility index (Phi) is 2.62. The van der Waals surface area contributed by atoms with Crippen LogP contribution in [0.5, 0.6) is 0 Å². The van der Waals surface area contributed by atoms with E-state index < -0.39 is 0 Å². The van der Waals surface area contributed by atoms with Crippen LogP contribution in [-0.4, -0.2) is 6.04 Å². The molecule has 3 aliphatic carbocycles. The highest BCUT2D eigenvalue weighted by Crippen LogP contribution is 2.65. The summed E-state index contributed by atoms with van der Waals surface area (Å²) in [5.74, 6) is 3.92. The summed E-state index contributed by atoms with van der Waals surface area (Å²) in [6.45, 7) is 0.835. The van der Waals surface area contributed by atoms with Crippen molar-refractivity contribution in [2.45, 2.75) is 31.8 Å². The number of hydrogen-bond donors (Lipinski definition) is 1. The summed E-state index contributed by atoms with van der Waals surface area (Å²) in [5, 5.41) is 13.2. The number of hydrogen-bond acceptors (Lipinski definition) is 2. The molecule has 0 saturated heterocycles. The van der Waals surface area contributed by atoms with Gasteiger partial charge < -0.3 is 5.32 Å². The molecule has 0 radical (unpaired) electrons. The fraction of sp³-hybridized carbons (Fsp3) is 0.562. The van der Waals surface area contributed by atoms with E-state index >= 15 is 0 Å². The van der Waals surface area contributed by atoms with Crippen LogP contribution in [0.2, 0.25) is 5.02 Å². The summed E-state index contributed by atoms with van der Waals surface area (Å²) in [4.78, 5) is 0. The number of rotatable bonds is 3. The molecule has 0 amide bonds. The molecule has 1 N–H and O–H groups in total. The van der Waals surface area contributed by atoms with E-state index in [-0.39, 0.29) is 0 Å². The van der Waals surface area contributed by atoms with Crippen molar-refractivity contribution in [3.63, 3.8) is 0 Å². The number of halogens is 1. The monoisotopic (exact) mass is 272 g/mol. The van der Waals surface area contributed by atoms with Crippen molar-refractivity contribution >= 4 is 11.6 Å². The van der Waals surface area contributed by atoms with Crippen molar-refractivity contribution in [2.75, 3.05) is 0 Å². The lowest BCUT2D eigenvalue weighted by Crippen LogP contribution is -2.22. The molecule has 19 heavy (non-hydrogen) atoms. The predicted molar refractivity (Wildman–Crippen MR) is 74.6 cm³/mol. The normalized spacial score (nSPS) is 38.0. The zero-order valence-electron chi connectivity index (χ0n) is 10.8. The third-order valence-corrected chi connectivity index (χ3v) is 5.80. The van der Waals surface area contributed by atoms with E-state index in [1.807, 2.05) is 12.1 Å². The van der Waals surface area contributed by atoms with E-state index in [2.05, 4.69) is 11.4 Å². The molecular weight excluding hydrogens is 256 g/mol. The second kappa shape index (κ2) is 4.23. The quantitative estimate of drug-likeness (QED) is 0.916. The first-order valence-corrected chi connectivity index (χ1v) is 7.57. The highest BCUT2D eigenvalue weighted by atomic mass is 35.5. The minimum absolute atomic E-state index is 0.634. The van der Waals surface area contributed by atoms with Crippen LogP contribution < -0.4 is 5.32 Å². The van der Waals surface area contributed by atoms with Crippen LogP contribution in [0.15, 0.2) is 18.2 Å². The summed E-state index contributed by atoms with van der Waals surface area (Å²) < 4.78 is 0. The molecule has 2 nitrogen and oxygen atoms in total. The van der Waals surface area contributed by atoms with Gasteiger partial charge in [-0.05, 0) is 60.6 Å². The SMILES string of the molecule is N#Cc1ccc(CNC2C3C4CCC(C4)C23)c(Cl)c1. The number of nitrogens with zero attached hydrogens (tertiary/aromatic N) is 1. The maximum absolute atomic E-state index is 8.83. The van der Waals surface area contributed by atoms with Gasteiger partial charge in [0.05, 0.1) is 11.6 Å². The van der Waals surface area contributed by atoms with Gasteiger partial charge in [-0.1, -0.05) is 17.7 Å². The molecule has 1 aromatic carbocycles. The van der Waals surface area contributed by atoms with Crippen LogP contribution in [0.4, 0.5) is 0 Å². The highest BCUT2D eigenvalue weighted by molar-refractivity contribution is 6.31. The average Bonchev–Trinajstić information content (AvgIpc) is 2.81. The molecule has 3 aliphatic rings. The van der Waals surface area contributed by atoms with Gasteiger partial charge in [0.25, 0.3) is 0 Å². The van der Waals surface area contributed by atoms with E-state index in [4.69, 9.17) is 16.9 Å². The topological polar surface area (TPSA) is 35.8 Å². The molecule has 4 rings (SSSR count). The number of nitriles is 1. The zero-order valence-corrected chi connectivity index (χ0v) is 11.5. The van der Waals surface area contributed by atoms with E-state index in [0.29, 0.717) is 10.6 Å². The van der Waals surface area contributed by atoms with Gasteiger partial charge >= 0.3 is 0 Å². The lowest BCUT2D eigenvalue weighted by molar-refractivity contribution is 0.456. The standard InChI is InChI=1S/C16H17ClN2/c17-13-5-9(7-18)1-2-12(13)8-19-16-14-10-3-4-11(6-10)15(14)16/h1-2,5,10-11,14-16,19H,3-4,6,8H2. The van der Waals surface area contributed by atoms with Crippen LogP contribution in [0, 0.1) is 35.0 Å². The predicted octanol–water partition coefficient (Wildman–Crippen LogP) is 3.35. The van der Waals surface area contributed by atoms with Crippen LogP contribution in [-0.2, 0) is 6.54 Å². The summed E-state index contributed by atoms with van der Waals surface area (Å²) >= 11 is 6.21. The van der Waals surface area contributed by atoms with Gasteiger partial charge in [0, 0.05) is 17.6 Å². The molecule has 4 unspecified atom stereocenters. The molecule has 4 atom stereocenters. The van der Waals surface area contributed by atoms with Gasteiger partial charge in [-0.25, -0.2) is 0 Å². The fourth-order valence-electron chi connectivity index (χ4n) is 4.59. The summed E-state index contributed by atoms with van der Waals surface area (Å²) in [5.41, 5.74) is 1.74. The van der Waals surface area contributed by atoms with E-state index in [1.54, 1.807) is 6.07 Å². The van der Waals surface area contributed by atoms with Gasteiger partial charge in [-0.15, -0.1) is 0 Å². The molecule has 0 aromatic heterocycles. The van der Waals surface area contributed by atoms with Gasteiger partial charge in [0.1, 0.15) is 0 Å². The Morgan fingerprint density at radius 3 is 2.63 bits per heavy atom. The molecule has 0 aliphatic heterocycles. The van der Waals surface area contributed by atoms with Gasteiger partial charge in [0.2, 0.25) is 0 Å². The molecule has 0 spiro atoms. The maximum atomic E-state index is 8.83. The lowest BCUT2D eigenvalue weighted by Gasteiger charge is -2.11. The Hall–Kier alpha value is -1.04. The van der Waals surface area contributed by atoms with E-state index in [1.165, 1.54) is 19.3 Å². The maximum Gasteiger partial charge on any atom is 0.0992 e. The smallest absolute Gasteiger partial charge is 0.0992 e. The molecule has 98 valence electrons. The first-order valence-electron chi connectivity index (χ1n) is 7.20. The summed E-state index contributed by atoms with van der Waals surface area (Å²) in [6, 6.07) is 8.43. The zero-order chi connectivity index (χ0) is 13.0. The molecule has 1 aromatic rings. The molecule has 3 heteroatoms. The van der Waals surface area contributed by atoms with Crippen LogP contribution in [0.3, 0.4) is 0 Å². The molecule has 3 saturated carbocycles. The van der Waals surface area contributed by atoms with E-state index in [0.717, 1.165) is 41.8 Å².